The molecule has 1 nitrogen and oxygen atoms in total. The monoisotopic (exact) mass is 686 g/mol. The van der Waals surface area contributed by atoms with Gasteiger partial charge in [-0.3, -0.25) is 0 Å². The molecule has 1 heterocycles. The van der Waals surface area contributed by atoms with Crippen LogP contribution in [-0.2, 0) is 0 Å². The van der Waals surface area contributed by atoms with Crippen molar-refractivity contribution in [2.75, 3.05) is 0 Å². The Balaban J connectivity index is 1.12. The number of hydrogen-bond acceptors (Lipinski definition) is 1. The zero-order valence-electron chi connectivity index (χ0n) is 29.5. The summed E-state index contributed by atoms with van der Waals surface area (Å²) >= 11 is 0. The van der Waals surface area contributed by atoms with Crippen molar-refractivity contribution >= 4 is 65.0 Å². The summed E-state index contributed by atoms with van der Waals surface area (Å²) in [5.74, 6) is -0.0718. The second-order valence-corrected chi connectivity index (χ2v) is 14.4. The van der Waals surface area contributed by atoms with Crippen LogP contribution in [0.25, 0.3) is 87.3 Å². The molecule has 0 radical (unpaired) electrons. The van der Waals surface area contributed by atoms with E-state index in [1.54, 1.807) is 0 Å². The summed E-state index contributed by atoms with van der Waals surface area (Å²) in [7, 11) is 0. The summed E-state index contributed by atoms with van der Waals surface area (Å²) < 4.78 is 6.83. The van der Waals surface area contributed by atoms with E-state index in [1.165, 1.54) is 82.0 Å². The van der Waals surface area contributed by atoms with E-state index in [0.29, 0.717) is 0 Å². The topological polar surface area (TPSA) is 13.1 Å². The highest BCUT2D eigenvalue weighted by molar-refractivity contribution is 6.15. The zero-order valence-corrected chi connectivity index (χ0v) is 29.5. The van der Waals surface area contributed by atoms with E-state index in [-0.39, 0.29) is 5.92 Å². The van der Waals surface area contributed by atoms with Crippen molar-refractivity contribution in [2.24, 2.45) is 0 Å². The van der Waals surface area contributed by atoms with E-state index < -0.39 is 0 Å². The Morgan fingerprint density at radius 1 is 0.315 bits per heavy atom. The van der Waals surface area contributed by atoms with Gasteiger partial charge in [-0.2, -0.15) is 0 Å². The first kappa shape index (κ1) is 30.6. The van der Waals surface area contributed by atoms with E-state index in [0.717, 1.165) is 21.9 Å². The van der Waals surface area contributed by atoms with Crippen LogP contribution in [0.3, 0.4) is 0 Å². The third-order valence-corrected chi connectivity index (χ3v) is 11.3. The molecule has 0 amide bonds. The van der Waals surface area contributed by atoms with Crippen LogP contribution in [0.2, 0.25) is 0 Å². The predicted molar refractivity (Wildman–Crippen MR) is 228 cm³/mol. The number of furan rings is 1. The van der Waals surface area contributed by atoms with Crippen molar-refractivity contribution < 1.29 is 4.42 Å². The Morgan fingerprint density at radius 2 is 0.889 bits per heavy atom. The van der Waals surface area contributed by atoms with Gasteiger partial charge in [-0.05, 0) is 101 Å². The minimum atomic E-state index is -0.0718. The summed E-state index contributed by atoms with van der Waals surface area (Å²) in [6.45, 7) is 0. The molecule has 0 aliphatic carbocycles. The Bertz CT molecular complexity index is 3200. The second-order valence-electron chi connectivity index (χ2n) is 14.4. The van der Waals surface area contributed by atoms with Gasteiger partial charge in [-0.15, -0.1) is 0 Å². The number of benzene rings is 10. The summed E-state index contributed by atoms with van der Waals surface area (Å²) in [5, 5.41) is 12.3. The summed E-state index contributed by atoms with van der Waals surface area (Å²) in [6.07, 6.45) is 0. The molecule has 10 aromatic carbocycles. The van der Waals surface area contributed by atoms with E-state index >= 15 is 0 Å². The highest BCUT2D eigenvalue weighted by Crippen LogP contribution is 2.45. The lowest BCUT2D eigenvalue weighted by Crippen LogP contribution is -2.05. The van der Waals surface area contributed by atoms with Crippen LogP contribution >= 0.6 is 0 Å². The highest BCUT2D eigenvalue weighted by Gasteiger charge is 2.26. The standard InChI is InChI=1S/C53H34O/c1-2-12-34(13-3-1)35-22-24-36(25-23-35)51(52-44-17-7-5-15-40(44)33-49-47-20-10-11-21-50(47)54-53(49)52)42-29-27-37-30-41(28-26-38(37)31-42)48-32-39-14-4-6-16-43(39)45-18-8-9-19-46(45)48/h1-33,51H. The van der Waals surface area contributed by atoms with Gasteiger partial charge in [-0.1, -0.05) is 176 Å². The van der Waals surface area contributed by atoms with Crippen LogP contribution in [0.4, 0.5) is 0 Å². The van der Waals surface area contributed by atoms with Gasteiger partial charge in [0.2, 0.25) is 0 Å². The van der Waals surface area contributed by atoms with Crippen molar-refractivity contribution in [3.63, 3.8) is 0 Å². The third kappa shape index (κ3) is 4.94. The molecule has 54 heavy (non-hydrogen) atoms. The summed E-state index contributed by atoms with van der Waals surface area (Å²) in [4.78, 5) is 0. The van der Waals surface area contributed by atoms with Crippen LogP contribution in [0.5, 0.6) is 0 Å². The minimum Gasteiger partial charge on any atom is -0.456 e. The van der Waals surface area contributed by atoms with Gasteiger partial charge in [0.05, 0.1) is 0 Å². The molecule has 11 rings (SSSR count). The average molecular weight is 687 g/mol. The lowest BCUT2D eigenvalue weighted by atomic mass is 9.80. The van der Waals surface area contributed by atoms with Crippen molar-refractivity contribution in [3.8, 4) is 22.3 Å². The fraction of sp³-hybridized carbons (Fsp3) is 0.0189. The first-order chi connectivity index (χ1) is 26.8. The molecule has 0 N–H and O–H groups in total. The molecular formula is C53H34O. The average Bonchev–Trinajstić information content (AvgIpc) is 3.62. The summed E-state index contributed by atoms with van der Waals surface area (Å²) in [5.41, 5.74) is 10.4. The van der Waals surface area contributed by atoms with Crippen LogP contribution in [0, 0.1) is 0 Å². The maximum absolute atomic E-state index is 6.83. The molecule has 0 fully saturated rings. The smallest absolute Gasteiger partial charge is 0.140 e. The minimum absolute atomic E-state index is 0.0718. The third-order valence-electron chi connectivity index (χ3n) is 11.3. The lowest BCUT2D eigenvalue weighted by molar-refractivity contribution is 0.662. The molecular weight excluding hydrogens is 653 g/mol. The molecule has 1 atom stereocenters. The van der Waals surface area contributed by atoms with Crippen LogP contribution < -0.4 is 0 Å². The maximum atomic E-state index is 6.83. The Kier molecular flexibility index (Phi) is 7.00. The van der Waals surface area contributed by atoms with Crippen molar-refractivity contribution in [3.05, 3.63) is 217 Å². The van der Waals surface area contributed by atoms with Crippen LogP contribution in [0.15, 0.2) is 205 Å². The molecule has 1 unspecified atom stereocenters. The number of fused-ring (bicyclic) bond motifs is 8. The van der Waals surface area contributed by atoms with Crippen LogP contribution in [-0.4, -0.2) is 0 Å². The molecule has 0 spiro atoms. The van der Waals surface area contributed by atoms with Gasteiger partial charge in [0.1, 0.15) is 11.2 Å². The predicted octanol–water partition coefficient (Wildman–Crippen LogP) is 14.7. The van der Waals surface area contributed by atoms with E-state index in [1.807, 2.05) is 0 Å². The molecule has 0 bridgehead atoms. The molecule has 0 saturated carbocycles. The normalized spacial score (nSPS) is 12.4. The maximum Gasteiger partial charge on any atom is 0.140 e. The van der Waals surface area contributed by atoms with Gasteiger partial charge in [0.15, 0.2) is 0 Å². The molecule has 11 aromatic rings. The van der Waals surface area contributed by atoms with Gasteiger partial charge in [0, 0.05) is 22.3 Å². The quantitative estimate of drug-likeness (QED) is 0.130. The number of hydrogen-bond donors (Lipinski definition) is 0. The van der Waals surface area contributed by atoms with Gasteiger partial charge in [0.25, 0.3) is 0 Å². The molecule has 0 saturated heterocycles. The Labute approximate surface area is 313 Å². The molecule has 1 heteroatoms. The second kappa shape index (κ2) is 12.3. The Morgan fingerprint density at radius 3 is 1.70 bits per heavy atom. The van der Waals surface area contributed by atoms with Gasteiger partial charge >= 0.3 is 0 Å². The number of para-hydroxylation sites is 1. The summed E-state index contributed by atoms with van der Waals surface area (Å²) in [6, 6.07) is 73.1. The fourth-order valence-corrected chi connectivity index (χ4v) is 8.77. The highest BCUT2D eigenvalue weighted by atomic mass is 16.3. The van der Waals surface area contributed by atoms with E-state index in [4.69, 9.17) is 4.42 Å². The fourth-order valence-electron chi connectivity index (χ4n) is 8.77. The van der Waals surface area contributed by atoms with Gasteiger partial charge < -0.3 is 4.42 Å². The lowest BCUT2D eigenvalue weighted by Gasteiger charge is -2.22. The zero-order chi connectivity index (χ0) is 35.6. The van der Waals surface area contributed by atoms with Crippen LogP contribution in [0.1, 0.15) is 22.6 Å². The molecule has 0 aliphatic rings. The Hall–Kier alpha value is -6.96. The largest absolute Gasteiger partial charge is 0.456 e. The van der Waals surface area contributed by atoms with Crippen molar-refractivity contribution in [1.29, 1.82) is 0 Å². The van der Waals surface area contributed by atoms with E-state index in [2.05, 4.69) is 200 Å². The van der Waals surface area contributed by atoms with E-state index in [9.17, 15) is 0 Å². The first-order valence-corrected chi connectivity index (χ1v) is 18.7. The van der Waals surface area contributed by atoms with Crippen molar-refractivity contribution in [1.82, 2.24) is 0 Å². The van der Waals surface area contributed by atoms with Gasteiger partial charge in [-0.25, -0.2) is 0 Å². The van der Waals surface area contributed by atoms with Crippen molar-refractivity contribution in [2.45, 2.75) is 5.92 Å². The molecule has 0 aliphatic heterocycles. The molecule has 1 aromatic heterocycles. The number of rotatable bonds is 5. The SMILES string of the molecule is c1ccc(-c2ccc(C(c3ccc4cc(-c5cc6ccccc6c6ccccc56)ccc4c3)c3c4ccccc4cc4c3oc3ccccc34)cc2)cc1. The first-order valence-electron chi connectivity index (χ1n) is 18.7. The molecule has 252 valence electrons.